The molecule has 2 amide bonds. The van der Waals surface area contributed by atoms with Crippen molar-refractivity contribution in [1.29, 1.82) is 0 Å². The molecule has 0 radical (unpaired) electrons. The normalized spacial score (nSPS) is 13.9. The van der Waals surface area contributed by atoms with E-state index in [-0.39, 0.29) is 11.8 Å². The van der Waals surface area contributed by atoms with E-state index in [1.165, 1.54) is 0 Å². The van der Waals surface area contributed by atoms with Gasteiger partial charge in [0.05, 0.1) is 0 Å². The molecule has 0 bridgehead atoms. The molecule has 3 N–H and O–H groups in total. The van der Waals surface area contributed by atoms with Crippen LogP contribution < -0.4 is 16.0 Å². The molecule has 0 saturated heterocycles. The van der Waals surface area contributed by atoms with Crippen LogP contribution in [0.4, 0.5) is 11.4 Å². The van der Waals surface area contributed by atoms with Crippen LogP contribution in [0.3, 0.4) is 0 Å². The van der Waals surface area contributed by atoms with Crippen LogP contribution in [0.2, 0.25) is 5.02 Å². The van der Waals surface area contributed by atoms with Crippen LogP contribution in [0.25, 0.3) is 0 Å². The Morgan fingerprint density at radius 3 is 1.65 bits per heavy atom. The summed E-state index contributed by atoms with van der Waals surface area (Å²) in [6, 6.07) is 19.2. The molecule has 0 unspecified atom stereocenters. The van der Waals surface area contributed by atoms with Crippen molar-refractivity contribution in [2.75, 3.05) is 10.6 Å². The Bertz CT molecular complexity index is 1380. The molecule has 4 rings (SSSR count). The van der Waals surface area contributed by atoms with E-state index >= 15 is 0 Å². The Morgan fingerprint density at radius 2 is 1.19 bits per heavy atom. The Hall–Kier alpha value is -3.83. The van der Waals surface area contributed by atoms with Crippen LogP contribution >= 0.6 is 11.6 Å². The molecular weight excluding hydrogens is 482 g/mol. The minimum Gasteiger partial charge on any atom is -0.362 e. The first kappa shape index (κ1) is 26.2. The monoisotopic (exact) mass is 513 g/mol. The maximum atomic E-state index is 13.8. The first-order chi connectivity index (χ1) is 17.5. The Balaban J connectivity index is 1.79. The highest BCUT2D eigenvalue weighted by Crippen LogP contribution is 2.40. The number of anilines is 2. The standard InChI is InChI=1S/C31H32ClN3O2/c1-17-10-12-19(3)25(14-17)34-30(36)27-21(5)33-22(6)28(29(27)23-8-7-9-24(32)16-23)31(37)35-26-15-18(2)11-13-20(26)4/h7-16,29,33H,1-6H3,(H,34,36)(H,35,37). The van der Waals surface area contributed by atoms with Crippen LogP contribution in [0.5, 0.6) is 0 Å². The molecule has 0 fully saturated rings. The Morgan fingerprint density at radius 1 is 0.703 bits per heavy atom. The summed E-state index contributed by atoms with van der Waals surface area (Å²) in [6.07, 6.45) is 0. The molecule has 3 aromatic rings. The third-order valence-electron chi connectivity index (χ3n) is 6.71. The van der Waals surface area contributed by atoms with Gasteiger partial charge in [0, 0.05) is 44.9 Å². The topological polar surface area (TPSA) is 70.2 Å². The number of hydrogen-bond donors (Lipinski definition) is 3. The van der Waals surface area contributed by atoms with Gasteiger partial charge in [-0.1, -0.05) is 48.0 Å². The van der Waals surface area contributed by atoms with Crippen molar-refractivity contribution in [3.05, 3.63) is 116 Å². The van der Waals surface area contributed by atoms with Crippen molar-refractivity contribution in [3.63, 3.8) is 0 Å². The first-order valence-corrected chi connectivity index (χ1v) is 12.6. The summed E-state index contributed by atoms with van der Waals surface area (Å²) in [5.74, 6) is -1.16. The number of carbonyl (C=O) groups excluding carboxylic acids is 2. The Kier molecular flexibility index (Phi) is 7.55. The number of nitrogens with one attached hydrogen (secondary N) is 3. The van der Waals surface area contributed by atoms with Crippen molar-refractivity contribution in [3.8, 4) is 0 Å². The second-order valence-corrected chi connectivity index (χ2v) is 10.2. The minimum atomic E-state index is -0.616. The van der Waals surface area contributed by atoms with Crippen LogP contribution in [0, 0.1) is 27.7 Å². The second-order valence-electron chi connectivity index (χ2n) is 9.74. The molecule has 0 aliphatic carbocycles. The molecule has 0 atom stereocenters. The molecule has 3 aromatic carbocycles. The van der Waals surface area contributed by atoms with Gasteiger partial charge in [0.25, 0.3) is 11.8 Å². The van der Waals surface area contributed by atoms with Crippen LogP contribution in [-0.2, 0) is 9.59 Å². The molecule has 37 heavy (non-hydrogen) atoms. The number of hydrogen-bond acceptors (Lipinski definition) is 3. The second kappa shape index (κ2) is 10.7. The third kappa shape index (κ3) is 5.62. The largest absolute Gasteiger partial charge is 0.362 e. The molecule has 1 heterocycles. The van der Waals surface area contributed by atoms with Gasteiger partial charge < -0.3 is 16.0 Å². The highest BCUT2D eigenvalue weighted by Gasteiger charge is 2.36. The van der Waals surface area contributed by atoms with Crippen LogP contribution in [0.15, 0.2) is 83.2 Å². The van der Waals surface area contributed by atoms with Gasteiger partial charge in [-0.15, -0.1) is 0 Å². The lowest BCUT2D eigenvalue weighted by Crippen LogP contribution is -2.35. The fourth-order valence-electron chi connectivity index (χ4n) is 4.74. The lowest BCUT2D eigenvalue weighted by molar-refractivity contribution is -0.113. The van der Waals surface area contributed by atoms with Crippen LogP contribution in [-0.4, -0.2) is 11.8 Å². The summed E-state index contributed by atoms with van der Waals surface area (Å²) in [5.41, 5.74) is 8.57. The van der Waals surface area contributed by atoms with Gasteiger partial charge in [0.2, 0.25) is 0 Å². The predicted molar refractivity (Wildman–Crippen MR) is 152 cm³/mol. The highest BCUT2D eigenvalue weighted by molar-refractivity contribution is 6.30. The van der Waals surface area contributed by atoms with Crippen molar-refractivity contribution < 1.29 is 9.59 Å². The fourth-order valence-corrected chi connectivity index (χ4v) is 4.93. The van der Waals surface area contributed by atoms with E-state index in [1.54, 1.807) is 6.07 Å². The van der Waals surface area contributed by atoms with Gasteiger partial charge >= 0.3 is 0 Å². The van der Waals surface area contributed by atoms with E-state index in [0.29, 0.717) is 27.6 Å². The summed E-state index contributed by atoms with van der Waals surface area (Å²) in [7, 11) is 0. The van der Waals surface area contributed by atoms with Crippen molar-refractivity contribution in [2.45, 2.75) is 47.5 Å². The van der Waals surface area contributed by atoms with Gasteiger partial charge in [0.1, 0.15) is 0 Å². The molecule has 1 aliphatic heterocycles. The number of halogens is 1. The lowest BCUT2D eigenvalue weighted by atomic mass is 9.79. The molecule has 0 spiro atoms. The van der Waals surface area contributed by atoms with Crippen LogP contribution in [0.1, 0.15) is 47.6 Å². The van der Waals surface area contributed by atoms with E-state index in [1.807, 2.05) is 96.1 Å². The summed E-state index contributed by atoms with van der Waals surface area (Å²) in [5, 5.41) is 9.98. The molecule has 190 valence electrons. The fraction of sp³-hybridized carbons (Fsp3) is 0.226. The quantitative estimate of drug-likeness (QED) is 0.341. The highest BCUT2D eigenvalue weighted by atomic mass is 35.5. The van der Waals surface area contributed by atoms with Gasteiger partial charge in [-0.3, -0.25) is 9.59 Å². The first-order valence-electron chi connectivity index (χ1n) is 12.3. The Labute approximate surface area is 223 Å². The zero-order valence-corrected chi connectivity index (χ0v) is 22.8. The predicted octanol–water partition coefficient (Wildman–Crippen LogP) is 7.09. The van der Waals surface area contributed by atoms with Gasteiger partial charge in [-0.05, 0) is 93.6 Å². The third-order valence-corrected chi connectivity index (χ3v) is 6.95. The molecule has 0 saturated carbocycles. The molecule has 5 nitrogen and oxygen atoms in total. The summed E-state index contributed by atoms with van der Waals surface area (Å²) in [4.78, 5) is 27.7. The van der Waals surface area contributed by atoms with Gasteiger partial charge in [-0.25, -0.2) is 0 Å². The molecule has 6 heteroatoms. The molecule has 0 aromatic heterocycles. The zero-order valence-electron chi connectivity index (χ0n) is 22.0. The average molecular weight is 514 g/mol. The minimum absolute atomic E-state index is 0.270. The number of amides is 2. The smallest absolute Gasteiger partial charge is 0.254 e. The summed E-state index contributed by atoms with van der Waals surface area (Å²) >= 11 is 6.38. The number of aryl methyl sites for hydroxylation is 4. The zero-order chi connectivity index (χ0) is 26.9. The van der Waals surface area contributed by atoms with E-state index in [2.05, 4.69) is 16.0 Å². The summed E-state index contributed by atoms with van der Waals surface area (Å²) < 4.78 is 0. The number of dihydropyridines is 1. The van der Waals surface area contributed by atoms with E-state index in [4.69, 9.17) is 11.6 Å². The molecular formula is C31H32ClN3O2. The average Bonchev–Trinajstić information content (AvgIpc) is 2.83. The van der Waals surface area contributed by atoms with Crippen molar-refractivity contribution >= 4 is 34.8 Å². The maximum absolute atomic E-state index is 13.8. The molecule has 1 aliphatic rings. The number of benzene rings is 3. The summed E-state index contributed by atoms with van der Waals surface area (Å²) in [6.45, 7) is 11.6. The lowest BCUT2D eigenvalue weighted by Gasteiger charge is -2.32. The van der Waals surface area contributed by atoms with Crippen molar-refractivity contribution in [1.82, 2.24) is 5.32 Å². The van der Waals surface area contributed by atoms with E-state index in [9.17, 15) is 9.59 Å². The van der Waals surface area contributed by atoms with E-state index in [0.717, 1.165) is 39.2 Å². The van der Waals surface area contributed by atoms with Gasteiger partial charge in [0.15, 0.2) is 0 Å². The number of rotatable bonds is 5. The van der Waals surface area contributed by atoms with E-state index < -0.39 is 5.92 Å². The SMILES string of the molecule is CC1=C(C(=O)Nc2cc(C)ccc2C)C(c2cccc(Cl)c2)C(C(=O)Nc2cc(C)ccc2C)=C(C)N1. The van der Waals surface area contributed by atoms with Gasteiger partial charge in [-0.2, -0.15) is 0 Å². The number of carbonyl (C=O) groups is 2. The number of allylic oxidation sites excluding steroid dienone is 2. The van der Waals surface area contributed by atoms with Crippen molar-refractivity contribution in [2.24, 2.45) is 0 Å². The maximum Gasteiger partial charge on any atom is 0.254 e.